The van der Waals surface area contributed by atoms with Crippen LogP contribution in [0.5, 0.6) is 0 Å². The van der Waals surface area contributed by atoms with Crippen molar-refractivity contribution in [3.63, 3.8) is 0 Å². The van der Waals surface area contributed by atoms with Crippen LogP contribution in [0.1, 0.15) is 57.1 Å². The van der Waals surface area contributed by atoms with Gasteiger partial charge in [0.05, 0.1) is 0 Å². The second-order valence-corrected chi connectivity index (χ2v) is 8.74. The molecule has 1 aliphatic carbocycles. The van der Waals surface area contributed by atoms with Crippen molar-refractivity contribution >= 4 is 18.0 Å². The van der Waals surface area contributed by atoms with Crippen LogP contribution in [0, 0.1) is 0 Å². The number of carboxylic acids is 1. The Morgan fingerprint density at radius 1 is 1.03 bits per heavy atom. The van der Waals surface area contributed by atoms with Gasteiger partial charge in [-0.1, -0.05) is 48.5 Å². The lowest BCUT2D eigenvalue weighted by Crippen LogP contribution is -2.56. The monoisotopic (exact) mass is 438 g/mol. The first-order valence-electron chi connectivity index (χ1n) is 10.8. The highest BCUT2D eigenvalue weighted by atomic mass is 16.5. The maximum atomic E-state index is 12.6. The molecule has 0 saturated carbocycles. The molecule has 1 aliphatic rings. The zero-order valence-corrected chi connectivity index (χ0v) is 18.7. The molecule has 0 saturated heterocycles. The summed E-state index contributed by atoms with van der Waals surface area (Å²) in [6.07, 6.45) is 0.406. The molecule has 7 heteroatoms. The Balaban J connectivity index is 1.55. The van der Waals surface area contributed by atoms with Gasteiger partial charge in [-0.15, -0.1) is 0 Å². The molecule has 0 aliphatic heterocycles. The first-order chi connectivity index (χ1) is 15.2. The van der Waals surface area contributed by atoms with Gasteiger partial charge >= 0.3 is 12.1 Å². The van der Waals surface area contributed by atoms with E-state index in [2.05, 4.69) is 22.8 Å². The normalized spacial score (nSPS) is 13.6. The third kappa shape index (κ3) is 5.46. The van der Waals surface area contributed by atoms with E-state index < -0.39 is 17.6 Å². The summed E-state index contributed by atoms with van der Waals surface area (Å²) in [6.45, 7) is 5.19. The van der Waals surface area contributed by atoms with E-state index in [1.165, 1.54) is 0 Å². The topological polar surface area (TPSA) is 105 Å². The Morgan fingerprint density at radius 3 is 2.16 bits per heavy atom. The Labute approximate surface area is 188 Å². The number of hydrogen-bond donors (Lipinski definition) is 3. The molecule has 0 aromatic heterocycles. The largest absolute Gasteiger partial charge is 0.481 e. The van der Waals surface area contributed by atoms with Crippen molar-refractivity contribution in [1.82, 2.24) is 10.6 Å². The SMILES string of the molecule is CC(CCCC(=O)O)NC(=O)C(C)(C)NC(=O)OCC1c2ccccc2-c2ccccc21. The Morgan fingerprint density at radius 2 is 1.59 bits per heavy atom. The van der Waals surface area contributed by atoms with Gasteiger partial charge in [-0.05, 0) is 55.9 Å². The first-order valence-corrected chi connectivity index (χ1v) is 10.8. The maximum absolute atomic E-state index is 12.6. The fraction of sp³-hybridized carbons (Fsp3) is 0.400. The molecule has 2 aromatic carbocycles. The number of amides is 2. The standard InChI is InChI=1S/C25H30N2O5/c1-16(9-8-14-22(28)29)26-23(30)25(2,3)27-24(31)32-15-21-19-12-6-4-10-17(19)18-11-5-7-13-20(18)21/h4-7,10-13,16,21H,8-9,14-15H2,1-3H3,(H,26,30)(H,27,31)(H,28,29). The van der Waals surface area contributed by atoms with E-state index in [0.29, 0.717) is 12.8 Å². The Kier molecular flexibility index (Phi) is 7.18. The second kappa shape index (κ2) is 9.85. The molecule has 0 fully saturated rings. The Hall–Kier alpha value is -3.35. The van der Waals surface area contributed by atoms with Gasteiger partial charge in [-0.25, -0.2) is 4.79 Å². The highest BCUT2D eigenvalue weighted by Crippen LogP contribution is 2.44. The number of carbonyl (C=O) groups excluding carboxylic acids is 2. The molecular weight excluding hydrogens is 408 g/mol. The van der Waals surface area contributed by atoms with Crippen LogP contribution in [-0.2, 0) is 14.3 Å². The zero-order chi connectivity index (χ0) is 23.3. The van der Waals surface area contributed by atoms with Gasteiger partial charge in [0, 0.05) is 18.4 Å². The summed E-state index contributed by atoms with van der Waals surface area (Å²) < 4.78 is 5.53. The molecule has 7 nitrogen and oxygen atoms in total. The predicted octanol–water partition coefficient (Wildman–Crippen LogP) is 4.06. The molecule has 2 aromatic rings. The molecule has 0 bridgehead atoms. The molecule has 170 valence electrons. The van der Waals surface area contributed by atoms with Gasteiger partial charge in [0.1, 0.15) is 12.1 Å². The van der Waals surface area contributed by atoms with Crippen LogP contribution in [0.4, 0.5) is 4.79 Å². The van der Waals surface area contributed by atoms with E-state index in [1.54, 1.807) is 13.8 Å². The average Bonchev–Trinajstić information content (AvgIpc) is 3.05. The highest BCUT2D eigenvalue weighted by Gasteiger charge is 2.33. The van der Waals surface area contributed by atoms with Gasteiger partial charge in [0.15, 0.2) is 0 Å². The lowest BCUT2D eigenvalue weighted by molar-refractivity contribution is -0.137. The molecule has 1 unspecified atom stereocenters. The van der Waals surface area contributed by atoms with Crippen LogP contribution < -0.4 is 10.6 Å². The molecule has 0 radical (unpaired) electrons. The third-order valence-electron chi connectivity index (χ3n) is 5.73. The van der Waals surface area contributed by atoms with Crippen LogP contribution in [0.2, 0.25) is 0 Å². The fourth-order valence-electron chi connectivity index (χ4n) is 3.98. The summed E-state index contributed by atoms with van der Waals surface area (Å²) in [4.78, 5) is 35.7. The summed E-state index contributed by atoms with van der Waals surface area (Å²) in [5, 5.41) is 14.2. The van der Waals surface area contributed by atoms with Crippen molar-refractivity contribution in [2.45, 2.75) is 57.5 Å². The quantitative estimate of drug-likeness (QED) is 0.548. The molecule has 32 heavy (non-hydrogen) atoms. The number of aliphatic carboxylic acids is 1. The van der Waals surface area contributed by atoms with Crippen molar-refractivity contribution in [2.75, 3.05) is 6.61 Å². The van der Waals surface area contributed by atoms with Crippen LogP contribution >= 0.6 is 0 Å². The first kappa shape index (κ1) is 23.3. The molecular formula is C25H30N2O5. The van der Waals surface area contributed by atoms with Gasteiger partial charge in [-0.2, -0.15) is 0 Å². The summed E-state index contributed by atoms with van der Waals surface area (Å²) >= 11 is 0. The summed E-state index contributed by atoms with van der Waals surface area (Å²) in [5.41, 5.74) is 3.36. The lowest BCUT2D eigenvalue weighted by Gasteiger charge is -2.27. The number of nitrogens with one attached hydrogen (secondary N) is 2. The van der Waals surface area contributed by atoms with Gasteiger partial charge in [0.25, 0.3) is 0 Å². The molecule has 2 amide bonds. The molecule has 3 N–H and O–H groups in total. The van der Waals surface area contributed by atoms with E-state index in [1.807, 2.05) is 43.3 Å². The minimum atomic E-state index is -1.18. The van der Waals surface area contributed by atoms with E-state index >= 15 is 0 Å². The van der Waals surface area contributed by atoms with E-state index in [0.717, 1.165) is 22.3 Å². The van der Waals surface area contributed by atoms with Crippen molar-refractivity contribution < 1.29 is 24.2 Å². The number of carboxylic acid groups (broad SMARTS) is 1. The van der Waals surface area contributed by atoms with Crippen molar-refractivity contribution in [1.29, 1.82) is 0 Å². The smallest absolute Gasteiger partial charge is 0.408 e. The van der Waals surface area contributed by atoms with Crippen LogP contribution in [0.25, 0.3) is 11.1 Å². The number of hydrogen-bond acceptors (Lipinski definition) is 4. The number of benzene rings is 2. The maximum Gasteiger partial charge on any atom is 0.408 e. The number of carbonyl (C=O) groups is 3. The third-order valence-corrected chi connectivity index (χ3v) is 5.73. The summed E-state index contributed by atoms with van der Waals surface area (Å²) in [6, 6.07) is 16.0. The van der Waals surface area contributed by atoms with Gasteiger partial charge < -0.3 is 20.5 Å². The fourth-order valence-corrected chi connectivity index (χ4v) is 3.98. The van der Waals surface area contributed by atoms with E-state index in [-0.39, 0.29) is 30.9 Å². The lowest BCUT2D eigenvalue weighted by atomic mass is 9.98. The molecule has 1 atom stereocenters. The minimum Gasteiger partial charge on any atom is -0.481 e. The average molecular weight is 439 g/mol. The number of alkyl carbamates (subject to hydrolysis) is 1. The van der Waals surface area contributed by atoms with Gasteiger partial charge in [0.2, 0.25) is 5.91 Å². The minimum absolute atomic E-state index is 0.0562. The zero-order valence-electron chi connectivity index (χ0n) is 18.7. The van der Waals surface area contributed by atoms with Crippen LogP contribution in [0.15, 0.2) is 48.5 Å². The second-order valence-electron chi connectivity index (χ2n) is 8.74. The number of fused-ring (bicyclic) bond motifs is 3. The van der Waals surface area contributed by atoms with Crippen LogP contribution in [0.3, 0.4) is 0 Å². The molecule has 3 rings (SSSR count). The van der Waals surface area contributed by atoms with E-state index in [9.17, 15) is 14.4 Å². The summed E-state index contributed by atoms with van der Waals surface area (Å²) in [5.74, 6) is -1.27. The molecule has 0 spiro atoms. The van der Waals surface area contributed by atoms with E-state index in [4.69, 9.17) is 9.84 Å². The highest BCUT2D eigenvalue weighted by molar-refractivity contribution is 5.89. The summed E-state index contributed by atoms with van der Waals surface area (Å²) in [7, 11) is 0. The molecule has 0 heterocycles. The van der Waals surface area contributed by atoms with Crippen LogP contribution in [-0.4, -0.2) is 41.3 Å². The van der Waals surface area contributed by atoms with Gasteiger partial charge in [-0.3, -0.25) is 9.59 Å². The van der Waals surface area contributed by atoms with Crippen molar-refractivity contribution in [2.24, 2.45) is 0 Å². The number of ether oxygens (including phenoxy) is 1. The predicted molar refractivity (Wildman–Crippen MR) is 121 cm³/mol. The van der Waals surface area contributed by atoms with Crippen molar-refractivity contribution in [3.8, 4) is 11.1 Å². The number of rotatable bonds is 9. The van der Waals surface area contributed by atoms with Crippen molar-refractivity contribution in [3.05, 3.63) is 59.7 Å². The Bertz CT molecular complexity index is 956.